The Bertz CT molecular complexity index is 1030. The van der Waals surface area contributed by atoms with Crippen molar-refractivity contribution in [1.29, 1.82) is 0 Å². The summed E-state index contributed by atoms with van der Waals surface area (Å²) in [7, 11) is 3.83. The molecule has 0 fully saturated rings. The number of likely N-dealkylation sites (N-methyl/N-ethyl adjacent to an activating group) is 1. The van der Waals surface area contributed by atoms with Gasteiger partial charge in [0.1, 0.15) is 0 Å². The Hall–Kier alpha value is -3.16. The van der Waals surface area contributed by atoms with Gasteiger partial charge in [-0.25, -0.2) is 0 Å². The van der Waals surface area contributed by atoms with Crippen molar-refractivity contribution in [3.05, 3.63) is 75.3 Å². The number of halogens is 1. The van der Waals surface area contributed by atoms with E-state index in [4.69, 9.17) is 11.6 Å². The van der Waals surface area contributed by atoms with E-state index < -0.39 is 4.92 Å². The highest BCUT2D eigenvalue weighted by Crippen LogP contribution is 2.34. The number of benzene rings is 2. The lowest BCUT2D eigenvalue weighted by molar-refractivity contribution is -0.384. The molecule has 29 heavy (non-hydrogen) atoms. The summed E-state index contributed by atoms with van der Waals surface area (Å²) in [5.41, 5.74) is 2.54. The molecule has 1 aromatic heterocycles. The number of nitro benzene ring substituents is 1. The molecule has 2 aromatic carbocycles. The number of hydrogen-bond donors (Lipinski definition) is 2. The Kier molecular flexibility index (Phi) is 6.31. The first kappa shape index (κ1) is 20.6. The van der Waals surface area contributed by atoms with Crippen molar-refractivity contribution in [2.24, 2.45) is 0 Å². The van der Waals surface area contributed by atoms with Gasteiger partial charge in [-0.3, -0.25) is 14.9 Å². The molecule has 0 spiro atoms. The Balaban J connectivity index is 2.07. The van der Waals surface area contributed by atoms with Crippen LogP contribution in [0.1, 0.15) is 10.4 Å². The first-order valence-electron chi connectivity index (χ1n) is 9.02. The topological polar surface area (TPSA) is 91.3 Å². The zero-order valence-corrected chi connectivity index (χ0v) is 16.9. The van der Waals surface area contributed by atoms with Crippen LogP contribution < -0.4 is 5.32 Å². The Labute approximate surface area is 173 Å². The minimum atomic E-state index is -0.453. The third-order valence-electron chi connectivity index (χ3n) is 4.43. The van der Waals surface area contributed by atoms with E-state index >= 15 is 0 Å². The minimum absolute atomic E-state index is 0.0700. The van der Waals surface area contributed by atoms with Crippen LogP contribution in [0, 0.1) is 10.1 Å². The maximum Gasteiger partial charge on any atom is 0.278 e. The molecule has 0 aliphatic carbocycles. The summed E-state index contributed by atoms with van der Waals surface area (Å²) in [4.78, 5) is 29.1. The maximum absolute atomic E-state index is 12.9. The number of H-pyrrole nitrogens is 1. The van der Waals surface area contributed by atoms with Gasteiger partial charge in [0, 0.05) is 29.9 Å². The molecule has 0 aliphatic heterocycles. The van der Waals surface area contributed by atoms with Crippen LogP contribution in [0.15, 0.2) is 54.6 Å². The number of para-hydroxylation sites is 1. The second kappa shape index (κ2) is 8.89. The predicted octanol–water partition coefficient (Wildman–Crippen LogP) is 4.20. The van der Waals surface area contributed by atoms with Crippen LogP contribution in [0.4, 0.5) is 5.69 Å². The molecule has 0 unspecified atom stereocenters. The van der Waals surface area contributed by atoms with Crippen LogP contribution >= 0.6 is 11.6 Å². The average molecular weight is 413 g/mol. The molecular weight excluding hydrogens is 392 g/mol. The normalized spacial score (nSPS) is 10.9. The van der Waals surface area contributed by atoms with Gasteiger partial charge in [0.15, 0.2) is 0 Å². The summed E-state index contributed by atoms with van der Waals surface area (Å²) in [5.74, 6) is -0.295. The first-order chi connectivity index (χ1) is 13.9. The number of aromatic amines is 1. The molecule has 0 saturated heterocycles. The van der Waals surface area contributed by atoms with Crippen molar-refractivity contribution in [2.45, 2.75) is 0 Å². The molecule has 150 valence electrons. The Morgan fingerprint density at radius 2 is 1.86 bits per heavy atom. The number of carbonyl (C=O) groups is 1. The van der Waals surface area contributed by atoms with E-state index in [9.17, 15) is 14.9 Å². The molecule has 0 atom stereocenters. The highest BCUT2D eigenvalue weighted by Gasteiger charge is 2.23. The summed E-state index contributed by atoms with van der Waals surface area (Å²) < 4.78 is 0. The molecule has 3 aromatic rings. The Morgan fingerprint density at radius 1 is 1.17 bits per heavy atom. The summed E-state index contributed by atoms with van der Waals surface area (Å²) in [6, 6.07) is 15.2. The van der Waals surface area contributed by atoms with E-state index in [-0.39, 0.29) is 11.6 Å². The number of rotatable bonds is 7. The van der Waals surface area contributed by atoms with Crippen molar-refractivity contribution in [1.82, 2.24) is 15.2 Å². The van der Waals surface area contributed by atoms with Gasteiger partial charge in [-0.2, -0.15) is 0 Å². The lowest BCUT2D eigenvalue weighted by Gasteiger charge is -2.10. The number of nitro groups is 1. The lowest BCUT2D eigenvalue weighted by Crippen LogP contribution is -2.31. The molecule has 1 amide bonds. The van der Waals surface area contributed by atoms with Crippen molar-refractivity contribution in [3.63, 3.8) is 0 Å². The minimum Gasteiger partial charge on any atom is -0.354 e. The number of aromatic nitrogens is 1. The number of hydrogen-bond acceptors (Lipinski definition) is 4. The van der Waals surface area contributed by atoms with Crippen molar-refractivity contribution >= 4 is 23.2 Å². The van der Waals surface area contributed by atoms with E-state index in [2.05, 4.69) is 10.3 Å². The highest BCUT2D eigenvalue weighted by molar-refractivity contribution is 6.30. The van der Waals surface area contributed by atoms with Gasteiger partial charge in [-0.1, -0.05) is 35.9 Å². The number of nitrogens with zero attached hydrogens (tertiary/aromatic N) is 2. The van der Waals surface area contributed by atoms with E-state index in [0.29, 0.717) is 40.6 Å². The number of carbonyl (C=O) groups excluding carboxylic acids is 1. The van der Waals surface area contributed by atoms with Gasteiger partial charge >= 0.3 is 0 Å². The van der Waals surface area contributed by atoms with Crippen LogP contribution in [-0.2, 0) is 0 Å². The summed E-state index contributed by atoms with van der Waals surface area (Å²) in [6.07, 6.45) is 0. The summed E-state index contributed by atoms with van der Waals surface area (Å²) >= 11 is 5.97. The second-order valence-corrected chi connectivity index (χ2v) is 7.25. The molecule has 2 N–H and O–H groups in total. The molecule has 8 heteroatoms. The third kappa shape index (κ3) is 4.82. The first-order valence-corrected chi connectivity index (χ1v) is 9.40. The number of nitrogens with one attached hydrogen (secondary N) is 2. The van der Waals surface area contributed by atoms with E-state index in [1.165, 1.54) is 6.07 Å². The average Bonchev–Trinajstić information content (AvgIpc) is 3.13. The van der Waals surface area contributed by atoms with Crippen molar-refractivity contribution in [3.8, 4) is 22.5 Å². The molecule has 0 saturated carbocycles. The number of amides is 1. The molecule has 0 bridgehead atoms. The second-order valence-electron chi connectivity index (χ2n) is 6.81. The molecule has 1 heterocycles. The predicted molar refractivity (Wildman–Crippen MR) is 114 cm³/mol. The van der Waals surface area contributed by atoms with Gasteiger partial charge < -0.3 is 15.2 Å². The summed E-state index contributed by atoms with van der Waals surface area (Å²) in [5, 5.41) is 15.0. The fourth-order valence-electron chi connectivity index (χ4n) is 2.96. The summed E-state index contributed by atoms with van der Waals surface area (Å²) in [6.45, 7) is 1.14. The van der Waals surface area contributed by atoms with Gasteiger partial charge in [-0.05, 0) is 43.9 Å². The van der Waals surface area contributed by atoms with Gasteiger partial charge in [0.25, 0.3) is 11.6 Å². The fourth-order valence-corrected chi connectivity index (χ4v) is 3.09. The van der Waals surface area contributed by atoms with Crippen LogP contribution in [-0.4, -0.2) is 47.9 Å². The lowest BCUT2D eigenvalue weighted by atomic mass is 10.1. The van der Waals surface area contributed by atoms with Crippen LogP contribution in [0.25, 0.3) is 22.5 Å². The molecule has 7 nitrogen and oxygen atoms in total. The smallest absolute Gasteiger partial charge is 0.278 e. The van der Waals surface area contributed by atoms with Crippen LogP contribution in [0.5, 0.6) is 0 Å². The standard InChI is InChI=1S/C21H21ClN4O3/c1-25(2)12-11-23-21(27)17-13-18(14-7-9-15(22)10-8-14)24-20(17)16-5-3-4-6-19(16)26(28)29/h3-10,13,24H,11-12H2,1-2H3,(H,23,27). The SMILES string of the molecule is CN(C)CCNC(=O)c1cc(-c2ccc(Cl)cc2)[nH]c1-c1ccccc1[N+](=O)[O-]. The van der Waals surface area contributed by atoms with Crippen molar-refractivity contribution in [2.75, 3.05) is 27.2 Å². The quantitative estimate of drug-likeness (QED) is 0.449. The van der Waals surface area contributed by atoms with E-state index in [1.807, 2.05) is 31.1 Å². The maximum atomic E-state index is 12.9. The third-order valence-corrected chi connectivity index (χ3v) is 4.68. The molecule has 3 rings (SSSR count). The van der Waals surface area contributed by atoms with E-state index in [1.54, 1.807) is 36.4 Å². The van der Waals surface area contributed by atoms with Gasteiger partial charge in [-0.15, -0.1) is 0 Å². The molecular formula is C21H21ClN4O3. The fraction of sp³-hybridized carbons (Fsp3) is 0.190. The zero-order chi connectivity index (χ0) is 21.0. The molecule has 0 radical (unpaired) electrons. The highest BCUT2D eigenvalue weighted by atomic mass is 35.5. The van der Waals surface area contributed by atoms with Crippen molar-refractivity contribution < 1.29 is 9.72 Å². The van der Waals surface area contributed by atoms with Crippen LogP contribution in [0.2, 0.25) is 5.02 Å². The van der Waals surface area contributed by atoms with Gasteiger partial charge in [0.2, 0.25) is 0 Å². The zero-order valence-electron chi connectivity index (χ0n) is 16.1. The largest absolute Gasteiger partial charge is 0.354 e. The van der Waals surface area contributed by atoms with Gasteiger partial charge in [0.05, 0.1) is 21.7 Å². The van der Waals surface area contributed by atoms with Crippen LogP contribution in [0.3, 0.4) is 0 Å². The Morgan fingerprint density at radius 3 is 2.52 bits per heavy atom. The van der Waals surface area contributed by atoms with E-state index in [0.717, 1.165) is 5.56 Å². The monoisotopic (exact) mass is 412 g/mol. The molecule has 0 aliphatic rings.